The molecule has 2 fully saturated rings. The maximum absolute atomic E-state index is 11.8. The fourth-order valence-electron chi connectivity index (χ4n) is 2.48. The van der Waals surface area contributed by atoms with Gasteiger partial charge in [0.25, 0.3) is 0 Å². The Morgan fingerprint density at radius 2 is 2.13 bits per heavy atom. The lowest BCUT2D eigenvalue weighted by atomic mass is 9.76. The summed E-state index contributed by atoms with van der Waals surface area (Å²) in [5, 5.41) is 0. The summed E-state index contributed by atoms with van der Waals surface area (Å²) >= 11 is 0. The highest BCUT2D eigenvalue weighted by Gasteiger charge is 2.49. The van der Waals surface area contributed by atoms with Gasteiger partial charge in [0.2, 0.25) is 0 Å². The zero-order valence-electron chi connectivity index (χ0n) is 9.69. The van der Waals surface area contributed by atoms with E-state index in [-0.39, 0.29) is 6.09 Å². The van der Waals surface area contributed by atoms with Gasteiger partial charge in [0.1, 0.15) is 5.60 Å². The van der Waals surface area contributed by atoms with Gasteiger partial charge in [-0.1, -0.05) is 0 Å². The van der Waals surface area contributed by atoms with Crippen LogP contribution < -0.4 is 5.73 Å². The SMILES string of the molecule is CC(C)(C)OC(=O)N1CC[C@@H]2[C@@H](N)C[C@@H]21. The molecular weight excluding hydrogens is 192 g/mol. The van der Waals surface area contributed by atoms with E-state index in [2.05, 4.69) is 0 Å². The number of likely N-dealkylation sites (tertiary alicyclic amines) is 1. The Hall–Kier alpha value is -0.770. The highest BCUT2D eigenvalue weighted by atomic mass is 16.6. The molecule has 1 amide bonds. The number of ether oxygens (including phenoxy) is 1. The minimum Gasteiger partial charge on any atom is -0.444 e. The highest BCUT2D eigenvalue weighted by Crippen LogP contribution is 2.39. The molecule has 1 aliphatic heterocycles. The van der Waals surface area contributed by atoms with Gasteiger partial charge in [0.15, 0.2) is 0 Å². The molecule has 0 radical (unpaired) electrons. The number of amides is 1. The lowest BCUT2D eigenvalue weighted by Crippen LogP contribution is -2.55. The van der Waals surface area contributed by atoms with Gasteiger partial charge in [0.05, 0.1) is 0 Å². The molecule has 0 unspecified atom stereocenters. The predicted octanol–water partition coefficient (Wildman–Crippen LogP) is 1.34. The highest BCUT2D eigenvalue weighted by molar-refractivity contribution is 5.69. The number of carbonyl (C=O) groups excluding carboxylic acids is 1. The summed E-state index contributed by atoms with van der Waals surface area (Å²) in [6.45, 7) is 6.48. The number of nitrogens with two attached hydrogens (primary N) is 1. The largest absolute Gasteiger partial charge is 0.444 e. The molecule has 15 heavy (non-hydrogen) atoms. The van der Waals surface area contributed by atoms with Crippen molar-refractivity contribution in [1.29, 1.82) is 0 Å². The average molecular weight is 212 g/mol. The summed E-state index contributed by atoms with van der Waals surface area (Å²) < 4.78 is 5.36. The molecule has 0 aromatic heterocycles. The monoisotopic (exact) mass is 212 g/mol. The third kappa shape index (κ3) is 1.95. The number of hydrogen-bond acceptors (Lipinski definition) is 3. The van der Waals surface area contributed by atoms with E-state index < -0.39 is 5.60 Å². The van der Waals surface area contributed by atoms with Crippen LogP contribution in [0.25, 0.3) is 0 Å². The van der Waals surface area contributed by atoms with Crippen LogP contribution in [0.15, 0.2) is 0 Å². The van der Waals surface area contributed by atoms with Gasteiger partial charge in [-0.3, -0.25) is 0 Å². The maximum Gasteiger partial charge on any atom is 0.410 e. The number of hydrogen-bond donors (Lipinski definition) is 1. The van der Waals surface area contributed by atoms with Crippen LogP contribution >= 0.6 is 0 Å². The summed E-state index contributed by atoms with van der Waals surface area (Å²) in [5.41, 5.74) is 5.47. The first kappa shape index (κ1) is 10.7. The molecule has 1 aliphatic carbocycles. The summed E-state index contributed by atoms with van der Waals surface area (Å²) in [7, 11) is 0. The Bertz CT molecular complexity index is 272. The van der Waals surface area contributed by atoms with Crippen LogP contribution in [0.1, 0.15) is 33.6 Å². The second-order valence-electron chi connectivity index (χ2n) is 5.59. The molecule has 1 heterocycles. The third-order valence-corrected chi connectivity index (χ3v) is 3.29. The van der Waals surface area contributed by atoms with Crippen molar-refractivity contribution in [2.75, 3.05) is 6.54 Å². The average Bonchev–Trinajstić information content (AvgIpc) is 2.38. The summed E-state index contributed by atoms with van der Waals surface area (Å²) in [5.74, 6) is 0.512. The molecule has 1 saturated heterocycles. The Morgan fingerprint density at radius 1 is 1.47 bits per heavy atom. The molecule has 3 atom stereocenters. The fourth-order valence-corrected chi connectivity index (χ4v) is 2.48. The van der Waals surface area contributed by atoms with Crippen molar-refractivity contribution in [3.63, 3.8) is 0 Å². The van der Waals surface area contributed by atoms with Gasteiger partial charge in [0, 0.05) is 18.6 Å². The van der Waals surface area contributed by atoms with Gasteiger partial charge in [-0.15, -0.1) is 0 Å². The molecule has 2 rings (SSSR count). The van der Waals surface area contributed by atoms with Crippen molar-refractivity contribution >= 4 is 6.09 Å². The Labute approximate surface area is 90.8 Å². The van der Waals surface area contributed by atoms with Crippen LogP contribution in [0, 0.1) is 5.92 Å². The van der Waals surface area contributed by atoms with E-state index in [4.69, 9.17) is 10.5 Å². The van der Waals surface area contributed by atoms with E-state index in [1.165, 1.54) is 0 Å². The molecular formula is C11H20N2O2. The van der Waals surface area contributed by atoms with Gasteiger partial charge in [-0.25, -0.2) is 4.79 Å². The molecule has 0 bridgehead atoms. The summed E-state index contributed by atoms with van der Waals surface area (Å²) in [4.78, 5) is 13.7. The zero-order chi connectivity index (χ0) is 11.2. The topological polar surface area (TPSA) is 55.6 Å². The number of rotatable bonds is 0. The van der Waals surface area contributed by atoms with Crippen LogP contribution in [-0.4, -0.2) is 35.2 Å². The lowest BCUT2D eigenvalue weighted by molar-refractivity contribution is 0.0107. The molecule has 1 saturated carbocycles. The molecule has 2 aliphatic rings. The minimum atomic E-state index is -0.402. The number of nitrogens with zero attached hydrogens (tertiary/aromatic N) is 1. The quantitative estimate of drug-likeness (QED) is 0.659. The van der Waals surface area contributed by atoms with E-state index in [1.807, 2.05) is 25.7 Å². The Kier molecular flexibility index (Phi) is 2.41. The Morgan fingerprint density at radius 3 is 2.60 bits per heavy atom. The lowest BCUT2D eigenvalue weighted by Gasteiger charge is -2.41. The van der Waals surface area contributed by atoms with E-state index in [0.29, 0.717) is 18.0 Å². The first-order chi connectivity index (χ1) is 6.88. The standard InChI is InChI=1S/C11H20N2O2/c1-11(2,3)15-10(14)13-5-4-7-8(12)6-9(7)13/h7-9H,4-6,12H2,1-3H3/t7-,8+,9+/m1/s1. The summed E-state index contributed by atoms with van der Waals surface area (Å²) in [6.07, 6.45) is 1.79. The van der Waals surface area contributed by atoms with Crippen molar-refractivity contribution in [3.05, 3.63) is 0 Å². The molecule has 2 N–H and O–H groups in total. The molecule has 0 spiro atoms. The van der Waals surface area contributed by atoms with Crippen LogP contribution in [0.5, 0.6) is 0 Å². The second kappa shape index (κ2) is 3.37. The molecule has 4 nitrogen and oxygen atoms in total. The third-order valence-electron chi connectivity index (χ3n) is 3.29. The van der Waals surface area contributed by atoms with Crippen molar-refractivity contribution in [2.24, 2.45) is 11.7 Å². The number of fused-ring (bicyclic) bond motifs is 1. The van der Waals surface area contributed by atoms with E-state index in [0.717, 1.165) is 19.4 Å². The molecule has 4 heteroatoms. The van der Waals surface area contributed by atoms with Gasteiger partial charge in [-0.2, -0.15) is 0 Å². The van der Waals surface area contributed by atoms with Crippen molar-refractivity contribution in [3.8, 4) is 0 Å². The normalized spacial score (nSPS) is 34.7. The summed E-state index contributed by atoms with van der Waals surface area (Å²) in [6, 6.07) is 0.636. The zero-order valence-corrected chi connectivity index (χ0v) is 9.69. The van der Waals surface area contributed by atoms with Crippen LogP contribution in [0.4, 0.5) is 4.79 Å². The molecule has 86 valence electrons. The minimum absolute atomic E-state index is 0.179. The molecule has 0 aromatic carbocycles. The van der Waals surface area contributed by atoms with Crippen molar-refractivity contribution in [1.82, 2.24) is 4.90 Å². The van der Waals surface area contributed by atoms with E-state index in [1.54, 1.807) is 0 Å². The second-order valence-corrected chi connectivity index (χ2v) is 5.59. The maximum atomic E-state index is 11.8. The first-order valence-electron chi connectivity index (χ1n) is 5.64. The first-order valence-corrected chi connectivity index (χ1v) is 5.64. The van der Waals surface area contributed by atoms with Gasteiger partial charge < -0.3 is 15.4 Å². The van der Waals surface area contributed by atoms with Gasteiger partial charge in [-0.05, 0) is 39.5 Å². The van der Waals surface area contributed by atoms with Crippen LogP contribution in [-0.2, 0) is 4.74 Å². The van der Waals surface area contributed by atoms with Crippen LogP contribution in [0.3, 0.4) is 0 Å². The smallest absolute Gasteiger partial charge is 0.410 e. The van der Waals surface area contributed by atoms with Gasteiger partial charge >= 0.3 is 6.09 Å². The predicted molar refractivity (Wildman–Crippen MR) is 57.4 cm³/mol. The van der Waals surface area contributed by atoms with Crippen molar-refractivity contribution < 1.29 is 9.53 Å². The van der Waals surface area contributed by atoms with Crippen molar-refractivity contribution in [2.45, 2.75) is 51.3 Å². The fraction of sp³-hybridized carbons (Fsp3) is 0.909. The molecule has 0 aromatic rings. The Balaban J connectivity index is 1.93. The van der Waals surface area contributed by atoms with E-state index >= 15 is 0 Å². The number of carbonyl (C=O) groups is 1. The van der Waals surface area contributed by atoms with E-state index in [9.17, 15) is 4.79 Å². The van der Waals surface area contributed by atoms with Crippen LogP contribution in [0.2, 0.25) is 0 Å².